The van der Waals surface area contributed by atoms with Crippen LogP contribution < -0.4 is 10.5 Å². The van der Waals surface area contributed by atoms with Crippen molar-refractivity contribution < 1.29 is 4.74 Å². The van der Waals surface area contributed by atoms with E-state index in [9.17, 15) is 0 Å². The first-order valence-corrected chi connectivity index (χ1v) is 7.20. The molecule has 0 radical (unpaired) electrons. The number of rotatable bonds is 3. The maximum Gasteiger partial charge on any atom is 0.120 e. The summed E-state index contributed by atoms with van der Waals surface area (Å²) in [4.78, 5) is 4.17. The molecule has 3 nitrogen and oxygen atoms in total. The lowest BCUT2D eigenvalue weighted by molar-refractivity contribution is 0.415. The summed E-state index contributed by atoms with van der Waals surface area (Å²) in [5.41, 5.74) is 10.5. The molecule has 110 valence electrons. The van der Waals surface area contributed by atoms with Crippen molar-refractivity contribution in [2.24, 2.45) is 0 Å². The molecule has 0 unspecified atom stereocenters. The summed E-state index contributed by atoms with van der Waals surface area (Å²) < 4.78 is 5.41. The Morgan fingerprint density at radius 2 is 1.73 bits per heavy atom. The van der Waals surface area contributed by atoms with Crippen molar-refractivity contribution in [2.75, 3.05) is 12.8 Å². The average molecular weight is 311 g/mol. The Bertz CT molecular complexity index is 803. The van der Waals surface area contributed by atoms with Gasteiger partial charge in [-0.2, -0.15) is 0 Å². The van der Waals surface area contributed by atoms with Gasteiger partial charge in [-0.15, -0.1) is 0 Å². The highest BCUT2D eigenvalue weighted by Gasteiger charge is 2.07. The summed E-state index contributed by atoms with van der Waals surface area (Å²) in [7, 11) is 1.66. The SMILES string of the molecule is COc1cc(-c2cccnc2)cc(-c2ccc(Cl)c(N)c2)c1. The van der Waals surface area contributed by atoms with E-state index >= 15 is 0 Å². The minimum Gasteiger partial charge on any atom is -0.497 e. The summed E-state index contributed by atoms with van der Waals surface area (Å²) >= 11 is 6.00. The van der Waals surface area contributed by atoms with E-state index in [0.717, 1.165) is 28.0 Å². The lowest BCUT2D eigenvalue weighted by Gasteiger charge is -2.10. The molecule has 0 atom stereocenters. The fourth-order valence-electron chi connectivity index (χ4n) is 2.31. The van der Waals surface area contributed by atoms with Crippen LogP contribution in [0.15, 0.2) is 60.9 Å². The predicted octanol–water partition coefficient (Wildman–Crippen LogP) is 4.66. The number of nitrogen functional groups attached to an aromatic ring is 1. The average Bonchev–Trinajstić information content (AvgIpc) is 2.57. The molecule has 1 heterocycles. The normalized spacial score (nSPS) is 10.5. The highest BCUT2D eigenvalue weighted by molar-refractivity contribution is 6.33. The molecule has 0 amide bonds. The number of halogens is 1. The van der Waals surface area contributed by atoms with Gasteiger partial charge < -0.3 is 10.5 Å². The van der Waals surface area contributed by atoms with Crippen molar-refractivity contribution in [3.63, 3.8) is 0 Å². The standard InChI is InChI=1S/C18H15ClN2O/c1-22-16-8-14(12-4-5-17(19)18(20)10-12)7-15(9-16)13-3-2-6-21-11-13/h2-11H,20H2,1H3. The molecular weight excluding hydrogens is 296 g/mol. The quantitative estimate of drug-likeness (QED) is 0.716. The first kappa shape index (κ1) is 14.4. The van der Waals surface area contributed by atoms with Crippen LogP contribution in [0.1, 0.15) is 0 Å². The van der Waals surface area contributed by atoms with Crippen LogP contribution in [0.25, 0.3) is 22.3 Å². The summed E-state index contributed by atoms with van der Waals surface area (Å²) in [5.74, 6) is 0.782. The van der Waals surface area contributed by atoms with Crippen molar-refractivity contribution in [1.82, 2.24) is 4.98 Å². The van der Waals surface area contributed by atoms with E-state index in [0.29, 0.717) is 10.7 Å². The second-order valence-electron chi connectivity index (χ2n) is 4.93. The van der Waals surface area contributed by atoms with Gasteiger partial charge in [0, 0.05) is 18.0 Å². The molecule has 4 heteroatoms. The maximum absolute atomic E-state index is 6.00. The molecule has 2 N–H and O–H groups in total. The largest absolute Gasteiger partial charge is 0.497 e. The van der Waals surface area contributed by atoms with Gasteiger partial charge in [0.2, 0.25) is 0 Å². The number of aromatic nitrogens is 1. The van der Waals surface area contributed by atoms with Crippen LogP contribution in [0, 0.1) is 0 Å². The van der Waals surface area contributed by atoms with E-state index in [-0.39, 0.29) is 0 Å². The van der Waals surface area contributed by atoms with E-state index in [1.807, 2.05) is 42.6 Å². The third kappa shape index (κ3) is 2.90. The molecule has 0 saturated heterocycles. The van der Waals surface area contributed by atoms with Gasteiger partial charge in [-0.05, 0) is 53.1 Å². The Labute approximate surface area is 134 Å². The van der Waals surface area contributed by atoms with Crippen LogP contribution >= 0.6 is 11.6 Å². The highest BCUT2D eigenvalue weighted by Crippen LogP contribution is 2.33. The summed E-state index contributed by atoms with van der Waals surface area (Å²) in [6.07, 6.45) is 3.58. The molecule has 0 spiro atoms. The number of anilines is 1. The van der Waals surface area contributed by atoms with E-state index < -0.39 is 0 Å². The minimum atomic E-state index is 0.555. The molecule has 0 aliphatic rings. The van der Waals surface area contributed by atoms with E-state index in [1.165, 1.54) is 0 Å². The van der Waals surface area contributed by atoms with Crippen LogP contribution in [0.2, 0.25) is 5.02 Å². The number of benzene rings is 2. The van der Waals surface area contributed by atoms with Crippen LogP contribution in [0.3, 0.4) is 0 Å². The molecule has 3 rings (SSSR count). The molecule has 0 saturated carbocycles. The third-order valence-electron chi connectivity index (χ3n) is 3.47. The van der Waals surface area contributed by atoms with Gasteiger partial charge in [0.25, 0.3) is 0 Å². The summed E-state index contributed by atoms with van der Waals surface area (Å²) in [6, 6.07) is 15.6. The van der Waals surface area contributed by atoms with Gasteiger partial charge in [0.15, 0.2) is 0 Å². The molecular formula is C18H15ClN2O. The van der Waals surface area contributed by atoms with E-state index in [4.69, 9.17) is 22.1 Å². The number of hydrogen-bond donors (Lipinski definition) is 1. The van der Waals surface area contributed by atoms with Crippen molar-refractivity contribution in [2.45, 2.75) is 0 Å². The Balaban J connectivity index is 2.13. The molecule has 0 aliphatic heterocycles. The maximum atomic E-state index is 6.00. The van der Waals surface area contributed by atoms with Crippen LogP contribution in [0.4, 0.5) is 5.69 Å². The van der Waals surface area contributed by atoms with Gasteiger partial charge in [0.1, 0.15) is 5.75 Å². The molecule has 2 aromatic carbocycles. The number of pyridine rings is 1. The lowest BCUT2D eigenvalue weighted by atomic mass is 9.99. The molecule has 0 fully saturated rings. The van der Waals surface area contributed by atoms with Crippen molar-refractivity contribution in [3.05, 3.63) is 65.9 Å². The Morgan fingerprint density at radius 3 is 2.36 bits per heavy atom. The van der Waals surface area contributed by atoms with Crippen molar-refractivity contribution in [3.8, 4) is 28.0 Å². The van der Waals surface area contributed by atoms with Crippen molar-refractivity contribution in [1.29, 1.82) is 0 Å². The van der Waals surface area contributed by atoms with Crippen LogP contribution in [-0.2, 0) is 0 Å². The summed E-state index contributed by atoms with van der Waals surface area (Å²) in [5, 5.41) is 0.555. The first-order valence-electron chi connectivity index (χ1n) is 6.82. The Kier molecular flexibility index (Phi) is 3.98. The number of ether oxygens (including phenoxy) is 1. The van der Waals surface area contributed by atoms with E-state index in [2.05, 4.69) is 11.1 Å². The topological polar surface area (TPSA) is 48.1 Å². The predicted molar refractivity (Wildman–Crippen MR) is 91.1 cm³/mol. The molecule has 1 aromatic heterocycles. The summed E-state index contributed by atoms with van der Waals surface area (Å²) in [6.45, 7) is 0. The van der Waals surface area contributed by atoms with Gasteiger partial charge in [0.05, 0.1) is 17.8 Å². The fourth-order valence-corrected chi connectivity index (χ4v) is 2.42. The molecule has 0 aliphatic carbocycles. The molecule has 22 heavy (non-hydrogen) atoms. The van der Waals surface area contributed by atoms with Gasteiger partial charge >= 0.3 is 0 Å². The zero-order chi connectivity index (χ0) is 15.5. The number of nitrogens with two attached hydrogens (primary N) is 1. The minimum absolute atomic E-state index is 0.555. The van der Waals surface area contributed by atoms with Crippen LogP contribution in [-0.4, -0.2) is 12.1 Å². The fraction of sp³-hybridized carbons (Fsp3) is 0.0556. The monoisotopic (exact) mass is 310 g/mol. The van der Waals surface area contributed by atoms with Gasteiger partial charge in [-0.25, -0.2) is 0 Å². The smallest absolute Gasteiger partial charge is 0.120 e. The first-order chi connectivity index (χ1) is 10.7. The second-order valence-corrected chi connectivity index (χ2v) is 5.34. The Hall–Kier alpha value is -2.52. The zero-order valence-corrected chi connectivity index (χ0v) is 12.8. The second kappa shape index (κ2) is 6.08. The number of hydrogen-bond acceptors (Lipinski definition) is 3. The Morgan fingerprint density at radius 1 is 0.955 bits per heavy atom. The lowest BCUT2D eigenvalue weighted by Crippen LogP contribution is -1.90. The molecule has 0 bridgehead atoms. The number of methoxy groups -OCH3 is 1. The number of nitrogens with zero attached hydrogens (tertiary/aromatic N) is 1. The van der Waals surface area contributed by atoms with Gasteiger partial charge in [-0.3, -0.25) is 4.98 Å². The third-order valence-corrected chi connectivity index (χ3v) is 3.81. The van der Waals surface area contributed by atoms with Crippen molar-refractivity contribution >= 4 is 17.3 Å². The van der Waals surface area contributed by atoms with Gasteiger partial charge in [-0.1, -0.05) is 23.7 Å². The van der Waals surface area contributed by atoms with Crippen LogP contribution in [0.5, 0.6) is 5.75 Å². The molecule has 3 aromatic rings. The zero-order valence-electron chi connectivity index (χ0n) is 12.1. The highest BCUT2D eigenvalue weighted by atomic mass is 35.5. The van der Waals surface area contributed by atoms with E-state index in [1.54, 1.807) is 19.4 Å².